The van der Waals surface area contributed by atoms with Crippen LogP contribution in [-0.2, 0) is 16.6 Å². The summed E-state index contributed by atoms with van der Waals surface area (Å²) in [5.41, 5.74) is 0.912. The Balaban J connectivity index is 2.20. The van der Waals surface area contributed by atoms with Crippen molar-refractivity contribution in [1.29, 1.82) is 0 Å². The smallest absolute Gasteiger partial charge is 0.273 e. The quantitative estimate of drug-likeness (QED) is 0.828. The third kappa shape index (κ3) is 3.00. The molecule has 0 amide bonds. The van der Waals surface area contributed by atoms with Crippen LogP contribution in [0.25, 0.3) is 0 Å². The average Bonchev–Trinajstić information content (AvgIpc) is 2.80. The van der Waals surface area contributed by atoms with E-state index in [4.69, 9.17) is 0 Å². The number of sulfonamides is 1. The van der Waals surface area contributed by atoms with Crippen molar-refractivity contribution in [3.8, 4) is 0 Å². The lowest BCUT2D eigenvalue weighted by Gasteiger charge is -2.02. The zero-order valence-corrected chi connectivity index (χ0v) is 11.1. The van der Waals surface area contributed by atoms with Crippen LogP contribution in [0.3, 0.4) is 0 Å². The molecule has 0 fully saturated rings. The summed E-state index contributed by atoms with van der Waals surface area (Å²) in [5.74, 6) is -0.0407. The van der Waals surface area contributed by atoms with Crippen LogP contribution in [-0.4, -0.2) is 30.6 Å². The van der Waals surface area contributed by atoms with Crippen LogP contribution in [0, 0.1) is 0 Å². The van der Waals surface area contributed by atoms with Gasteiger partial charge in [0.05, 0.1) is 12.4 Å². The standard InChI is InChI=1S/C9H11N5O2S2/c1-10-5-7-4-8(17-6-7)18(15,16)14-9-11-2-3-12-13-9/h2-4,6,10H,5H2,1H3,(H,11,13,14). The Bertz CT molecular complexity index is 611. The van der Waals surface area contributed by atoms with Crippen LogP contribution >= 0.6 is 11.3 Å². The summed E-state index contributed by atoms with van der Waals surface area (Å²) < 4.78 is 26.5. The van der Waals surface area contributed by atoms with Gasteiger partial charge in [-0.05, 0) is 24.1 Å². The van der Waals surface area contributed by atoms with E-state index in [2.05, 4.69) is 25.2 Å². The van der Waals surface area contributed by atoms with Gasteiger partial charge in [-0.2, -0.15) is 5.10 Å². The third-order valence-electron chi connectivity index (χ3n) is 1.98. The van der Waals surface area contributed by atoms with Gasteiger partial charge >= 0.3 is 0 Å². The number of nitrogens with one attached hydrogen (secondary N) is 2. The zero-order chi connectivity index (χ0) is 13.0. The van der Waals surface area contributed by atoms with Gasteiger partial charge in [0.1, 0.15) is 4.21 Å². The fourth-order valence-electron chi connectivity index (χ4n) is 1.26. The van der Waals surface area contributed by atoms with E-state index < -0.39 is 10.0 Å². The minimum absolute atomic E-state index is 0.0407. The normalized spacial score (nSPS) is 11.4. The highest BCUT2D eigenvalue weighted by Crippen LogP contribution is 2.21. The van der Waals surface area contributed by atoms with Gasteiger partial charge in [0.15, 0.2) is 0 Å². The summed E-state index contributed by atoms with van der Waals surface area (Å²) in [4.78, 5) is 3.76. The Kier molecular flexibility index (Phi) is 3.84. The fraction of sp³-hybridized carbons (Fsp3) is 0.222. The molecule has 0 atom stereocenters. The molecule has 7 nitrogen and oxygen atoms in total. The Hall–Kier alpha value is -1.58. The van der Waals surface area contributed by atoms with Gasteiger partial charge < -0.3 is 5.32 Å². The predicted molar refractivity (Wildman–Crippen MR) is 67.7 cm³/mol. The molecule has 0 bridgehead atoms. The first-order valence-corrected chi connectivity index (χ1v) is 7.36. The molecule has 0 aromatic carbocycles. The van der Waals surface area contributed by atoms with Crippen molar-refractivity contribution in [2.45, 2.75) is 10.8 Å². The molecule has 0 aliphatic carbocycles. The van der Waals surface area contributed by atoms with Crippen molar-refractivity contribution in [2.24, 2.45) is 0 Å². The SMILES string of the molecule is CNCc1csc(S(=O)(=O)Nc2nccnn2)c1. The lowest BCUT2D eigenvalue weighted by atomic mass is 10.3. The number of nitrogens with zero attached hydrogens (tertiary/aromatic N) is 3. The number of rotatable bonds is 5. The van der Waals surface area contributed by atoms with Crippen molar-refractivity contribution >= 4 is 27.3 Å². The number of hydrogen-bond donors (Lipinski definition) is 2. The van der Waals surface area contributed by atoms with E-state index in [0.29, 0.717) is 6.54 Å². The Morgan fingerprint density at radius 1 is 1.39 bits per heavy atom. The molecule has 2 rings (SSSR count). The molecular formula is C9H11N5O2S2. The monoisotopic (exact) mass is 285 g/mol. The molecular weight excluding hydrogens is 274 g/mol. The van der Waals surface area contributed by atoms with Gasteiger partial charge in [0, 0.05) is 6.54 Å². The molecule has 0 aliphatic heterocycles. The first-order valence-electron chi connectivity index (χ1n) is 5.00. The number of thiophene rings is 1. The van der Waals surface area contributed by atoms with E-state index in [0.717, 1.165) is 16.9 Å². The maximum absolute atomic E-state index is 12.0. The molecule has 2 N–H and O–H groups in total. The number of anilines is 1. The zero-order valence-electron chi connectivity index (χ0n) is 9.49. The highest BCUT2D eigenvalue weighted by Gasteiger charge is 2.18. The second-order valence-electron chi connectivity index (χ2n) is 3.38. The van der Waals surface area contributed by atoms with Crippen molar-refractivity contribution < 1.29 is 8.42 Å². The van der Waals surface area contributed by atoms with Gasteiger partial charge in [-0.15, -0.1) is 16.4 Å². The average molecular weight is 285 g/mol. The Morgan fingerprint density at radius 3 is 2.89 bits per heavy atom. The van der Waals surface area contributed by atoms with Crippen molar-refractivity contribution in [1.82, 2.24) is 20.5 Å². The minimum atomic E-state index is -3.64. The largest absolute Gasteiger partial charge is 0.316 e. The molecule has 2 heterocycles. The van der Waals surface area contributed by atoms with Crippen molar-refractivity contribution in [3.63, 3.8) is 0 Å². The van der Waals surface area contributed by atoms with E-state index in [1.165, 1.54) is 12.4 Å². The van der Waals surface area contributed by atoms with Crippen LogP contribution in [0.2, 0.25) is 0 Å². The van der Waals surface area contributed by atoms with Gasteiger partial charge in [-0.3, -0.25) is 0 Å². The van der Waals surface area contributed by atoms with E-state index in [1.54, 1.807) is 18.5 Å². The molecule has 96 valence electrons. The summed E-state index contributed by atoms with van der Waals surface area (Å²) in [6.07, 6.45) is 2.74. The Labute approximate surface area is 108 Å². The lowest BCUT2D eigenvalue weighted by molar-refractivity contribution is 0.602. The molecule has 2 aromatic rings. The van der Waals surface area contributed by atoms with Crippen molar-refractivity contribution in [3.05, 3.63) is 29.4 Å². The molecule has 18 heavy (non-hydrogen) atoms. The van der Waals surface area contributed by atoms with Crippen LogP contribution < -0.4 is 10.0 Å². The third-order valence-corrected chi connectivity index (χ3v) is 4.80. The highest BCUT2D eigenvalue weighted by molar-refractivity contribution is 7.94. The first-order chi connectivity index (χ1) is 8.62. The summed E-state index contributed by atoms with van der Waals surface area (Å²) in [6, 6.07) is 1.61. The second kappa shape index (κ2) is 5.38. The van der Waals surface area contributed by atoms with Gasteiger partial charge in [-0.1, -0.05) is 0 Å². The summed E-state index contributed by atoms with van der Waals surface area (Å²) in [6.45, 7) is 0.620. The molecule has 0 spiro atoms. The van der Waals surface area contributed by atoms with E-state index in [-0.39, 0.29) is 10.2 Å². The van der Waals surface area contributed by atoms with Gasteiger partial charge in [-0.25, -0.2) is 18.1 Å². The number of aromatic nitrogens is 3. The summed E-state index contributed by atoms with van der Waals surface area (Å²) in [7, 11) is -1.84. The molecule has 0 saturated heterocycles. The topological polar surface area (TPSA) is 96.9 Å². The molecule has 2 aromatic heterocycles. The highest BCUT2D eigenvalue weighted by atomic mass is 32.2. The molecule has 0 aliphatic rings. The predicted octanol–water partition coefficient (Wildman–Crippen LogP) is 0.453. The van der Waals surface area contributed by atoms with E-state index in [9.17, 15) is 8.42 Å². The van der Waals surface area contributed by atoms with E-state index in [1.807, 2.05) is 0 Å². The maximum Gasteiger partial charge on any atom is 0.273 e. The molecule has 0 radical (unpaired) electrons. The summed E-state index contributed by atoms with van der Waals surface area (Å²) >= 11 is 1.15. The van der Waals surface area contributed by atoms with Gasteiger partial charge in [0.25, 0.3) is 16.0 Å². The number of hydrogen-bond acceptors (Lipinski definition) is 7. The molecule has 0 saturated carbocycles. The van der Waals surface area contributed by atoms with E-state index >= 15 is 0 Å². The van der Waals surface area contributed by atoms with Crippen LogP contribution in [0.4, 0.5) is 5.95 Å². The van der Waals surface area contributed by atoms with Crippen LogP contribution in [0.15, 0.2) is 28.0 Å². The molecule has 0 unspecified atom stereocenters. The minimum Gasteiger partial charge on any atom is -0.316 e. The summed E-state index contributed by atoms with van der Waals surface area (Å²) in [5, 5.41) is 11.9. The van der Waals surface area contributed by atoms with Gasteiger partial charge in [0.2, 0.25) is 0 Å². The van der Waals surface area contributed by atoms with Crippen LogP contribution in [0.1, 0.15) is 5.56 Å². The van der Waals surface area contributed by atoms with Crippen LogP contribution in [0.5, 0.6) is 0 Å². The first kappa shape index (κ1) is 12.9. The van der Waals surface area contributed by atoms with Crippen molar-refractivity contribution in [2.75, 3.05) is 11.8 Å². The maximum atomic E-state index is 12.0. The molecule has 9 heteroatoms. The fourth-order valence-corrected chi connectivity index (χ4v) is 3.41. The second-order valence-corrected chi connectivity index (χ2v) is 6.20. The lowest BCUT2D eigenvalue weighted by Crippen LogP contribution is -2.14. The Morgan fingerprint density at radius 2 is 2.22 bits per heavy atom.